The van der Waals surface area contributed by atoms with Gasteiger partial charge in [-0.05, 0) is 11.8 Å². The van der Waals surface area contributed by atoms with E-state index >= 15 is 0 Å². The highest BCUT2D eigenvalue weighted by Crippen LogP contribution is 2.17. The molecule has 2 nitrogen and oxygen atoms in total. The minimum atomic E-state index is -0.687. The van der Waals surface area contributed by atoms with Gasteiger partial charge in [0.2, 0.25) is 0 Å². The average Bonchev–Trinajstić information content (AvgIpc) is 1.85. The van der Waals surface area contributed by atoms with Crippen LogP contribution in [0, 0.1) is 11.8 Å². The molecule has 0 aliphatic rings. The van der Waals surface area contributed by atoms with Gasteiger partial charge in [0.1, 0.15) is 0 Å². The van der Waals surface area contributed by atoms with E-state index in [2.05, 4.69) is 13.8 Å². The van der Waals surface area contributed by atoms with Crippen LogP contribution in [-0.4, -0.2) is 11.1 Å². The third-order valence-corrected chi connectivity index (χ3v) is 2.11. The molecule has 0 fully saturated rings. The van der Waals surface area contributed by atoms with Gasteiger partial charge in [-0.15, -0.1) is 0 Å². The summed E-state index contributed by atoms with van der Waals surface area (Å²) in [5, 5.41) is 8.43. The maximum Gasteiger partial charge on any atom is 0.303 e. The summed E-state index contributed by atoms with van der Waals surface area (Å²) >= 11 is 0. The van der Waals surface area contributed by atoms with Crippen LogP contribution in [-0.2, 0) is 4.79 Å². The monoisotopic (exact) mass is 144 g/mol. The van der Waals surface area contributed by atoms with Gasteiger partial charge in [0.05, 0.1) is 0 Å². The Morgan fingerprint density at radius 2 is 1.90 bits per heavy atom. The van der Waals surface area contributed by atoms with Gasteiger partial charge in [0, 0.05) is 6.42 Å². The number of carboxylic acid groups (broad SMARTS) is 1. The number of rotatable bonds is 4. The lowest BCUT2D eigenvalue weighted by molar-refractivity contribution is -0.138. The summed E-state index contributed by atoms with van der Waals surface area (Å²) in [7, 11) is 0. The Labute approximate surface area is 62.2 Å². The molecule has 0 amide bonds. The molecule has 0 aromatic carbocycles. The Balaban J connectivity index is 3.61. The smallest absolute Gasteiger partial charge is 0.303 e. The van der Waals surface area contributed by atoms with E-state index in [0.717, 1.165) is 6.42 Å². The quantitative estimate of drug-likeness (QED) is 0.656. The molecular formula is C8H16O2. The molecule has 0 bridgehead atoms. The van der Waals surface area contributed by atoms with Crippen molar-refractivity contribution in [1.29, 1.82) is 0 Å². The Bertz CT molecular complexity index is 110. The fourth-order valence-corrected chi connectivity index (χ4v) is 0.879. The van der Waals surface area contributed by atoms with Gasteiger partial charge >= 0.3 is 5.97 Å². The van der Waals surface area contributed by atoms with Crippen molar-refractivity contribution in [3.05, 3.63) is 0 Å². The van der Waals surface area contributed by atoms with Gasteiger partial charge in [-0.3, -0.25) is 4.79 Å². The van der Waals surface area contributed by atoms with Crippen LogP contribution in [0.5, 0.6) is 0 Å². The summed E-state index contributed by atoms with van der Waals surface area (Å²) in [5.41, 5.74) is 0. The molecule has 0 rings (SSSR count). The summed E-state index contributed by atoms with van der Waals surface area (Å²) in [6.45, 7) is 6.17. The average molecular weight is 144 g/mol. The third kappa shape index (κ3) is 3.49. The Hall–Kier alpha value is -0.530. The van der Waals surface area contributed by atoms with Crippen LogP contribution in [0.15, 0.2) is 0 Å². The minimum absolute atomic E-state index is 0.301. The van der Waals surface area contributed by atoms with Gasteiger partial charge in [0.25, 0.3) is 0 Å². The van der Waals surface area contributed by atoms with Crippen LogP contribution in [0.1, 0.15) is 33.6 Å². The second kappa shape index (κ2) is 4.31. The van der Waals surface area contributed by atoms with E-state index in [1.807, 2.05) is 6.92 Å². The highest BCUT2D eigenvalue weighted by atomic mass is 16.4. The first-order chi connectivity index (χ1) is 4.57. The molecule has 0 aliphatic carbocycles. The molecule has 0 spiro atoms. The predicted molar refractivity (Wildman–Crippen MR) is 40.9 cm³/mol. The Morgan fingerprint density at radius 1 is 1.40 bits per heavy atom. The second-order valence-corrected chi connectivity index (χ2v) is 2.96. The molecule has 60 valence electrons. The van der Waals surface area contributed by atoms with Crippen LogP contribution in [0.2, 0.25) is 0 Å². The first-order valence-corrected chi connectivity index (χ1v) is 3.79. The van der Waals surface area contributed by atoms with E-state index in [1.54, 1.807) is 0 Å². The van der Waals surface area contributed by atoms with Crippen molar-refractivity contribution in [2.45, 2.75) is 33.6 Å². The zero-order valence-electron chi connectivity index (χ0n) is 6.92. The van der Waals surface area contributed by atoms with Crippen molar-refractivity contribution >= 4 is 5.97 Å². The molecule has 0 aliphatic heterocycles. The summed E-state index contributed by atoms with van der Waals surface area (Å²) in [6, 6.07) is 0. The van der Waals surface area contributed by atoms with Crippen molar-refractivity contribution in [1.82, 2.24) is 0 Å². The van der Waals surface area contributed by atoms with Crippen LogP contribution in [0.4, 0.5) is 0 Å². The lowest BCUT2D eigenvalue weighted by Gasteiger charge is -2.14. The van der Waals surface area contributed by atoms with E-state index in [9.17, 15) is 4.79 Å². The highest BCUT2D eigenvalue weighted by molar-refractivity contribution is 5.66. The maximum atomic E-state index is 10.2. The molecule has 2 heteroatoms. The molecule has 0 aromatic rings. The maximum absolute atomic E-state index is 10.2. The number of carboxylic acids is 1. The Morgan fingerprint density at radius 3 is 2.20 bits per heavy atom. The number of aliphatic carboxylic acids is 1. The van der Waals surface area contributed by atoms with Crippen LogP contribution < -0.4 is 0 Å². The lowest BCUT2D eigenvalue weighted by Crippen LogP contribution is -2.11. The molecule has 10 heavy (non-hydrogen) atoms. The van der Waals surface area contributed by atoms with Crippen LogP contribution >= 0.6 is 0 Å². The molecule has 0 saturated heterocycles. The summed E-state index contributed by atoms with van der Waals surface area (Å²) in [6.07, 6.45) is 1.36. The van der Waals surface area contributed by atoms with E-state index in [4.69, 9.17) is 5.11 Å². The van der Waals surface area contributed by atoms with Crippen molar-refractivity contribution < 1.29 is 9.90 Å². The largest absolute Gasteiger partial charge is 0.481 e. The number of hydrogen-bond acceptors (Lipinski definition) is 1. The van der Waals surface area contributed by atoms with Gasteiger partial charge < -0.3 is 5.11 Å². The van der Waals surface area contributed by atoms with Crippen molar-refractivity contribution in [3.63, 3.8) is 0 Å². The first kappa shape index (κ1) is 9.47. The third-order valence-electron chi connectivity index (χ3n) is 2.11. The zero-order valence-corrected chi connectivity index (χ0v) is 6.92. The highest BCUT2D eigenvalue weighted by Gasteiger charge is 2.12. The van der Waals surface area contributed by atoms with E-state index in [-0.39, 0.29) is 0 Å². The molecule has 0 heterocycles. The fourth-order valence-electron chi connectivity index (χ4n) is 0.879. The topological polar surface area (TPSA) is 37.3 Å². The summed E-state index contributed by atoms with van der Waals surface area (Å²) in [5.74, 6) is 0.145. The van der Waals surface area contributed by atoms with Crippen molar-refractivity contribution in [3.8, 4) is 0 Å². The van der Waals surface area contributed by atoms with Gasteiger partial charge in [0.15, 0.2) is 0 Å². The van der Waals surface area contributed by atoms with Gasteiger partial charge in [-0.1, -0.05) is 27.2 Å². The molecule has 1 N–H and O–H groups in total. The van der Waals surface area contributed by atoms with Crippen LogP contribution in [0.25, 0.3) is 0 Å². The molecule has 0 aromatic heterocycles. The first-order valence-electron chi connectivity index (χ1n) is 3.79. The molecule has 2 atom stereocenters. The SMILES string of the molecule is CCC(C)C(C)CC(=O)O. The number of carbonyl (C=O) groups is 1. The minimum Gasteiger partial charge on any atom is -0.481 e. The van der Waals surface area contributed by atoms with E-state index in [0.29, 0.717) is 18.3 Å². The normalized spacial score (nSPS) is 16.3. The standard InChI is InChI=1S/C8H16O2/c1-4-6(2)7(3)5-8(9)10/h6-7H,4-5H2,1-3H3,(H,9,10). The van der Waals surface area contributed by atoms with Crippen molar-refractivity contribution in [2.75, 3.05) is 0 Å². The van der Waals surface area contributed by atoms with E-state index < -0.39 is 5.97 Å². The summed E-state index contributed by atoms with van der Waals surface area (Å²) < 4.78 is 0. The van der Waals surface area contributed by atoms with Crippen LogP contribution in [0.3, 0.4) is 0 Å². The number of hydrogen-bond donors (Lipinski definition) is 1. The Kier molecular flexibility index (Phi) is 4.08. The molecule has 2 unspecified atom stereocenters. The lowest BCUT2D eigenvalue weighted by atomic mass is 9.91. The van der Waals surface area contributed by atoms with Gasteiger partial charge in [-0.2, -0.15) is 0 Å². The van der Waals surface area contributed by atoms with E-state index in [1.165, 1.54) is 0 Å². The van der Waals surface area contributed by atoms with Crippen molar-refractivity contribution in [2.24, 2.45) is 11.8 Å². The second-order valence-electron chi connectivity index (χ2n) is 2.96. The molecule has 0 saturated carbocycles. The predicted octanol–water partition coefficient (Wildman–Crippen LogP) is 2.14. The fraction of sp³-hybridized carbons (Fsp3) is 0.875. The zero-order chi connectivity index (χ0) is 8.15. The molecular weight excluding hydrogens is 128 g/mol. The molecule has 0 radical (unpaired) electrons. The van der Waals surface area contributed by atoms with Gasteiger partial charge in [-0.25, -0.2) is 0 Å². The summed E-state index contributed by atoms with van der Waals surface area (Å²) in [4.78, 5) is 10.2.